The summed E-state index contributed by atoms with van der Waals surface area (Å²) >= 11 is 0. The fourth-order valence-electron chi connectivity index (χ4n) is 3.54. The van der Waals surface area contributed by atoms with Crippen molar-refractivity contribution in [1.82, 2.24) is 9.79 Å². The molecule has 1 amide bonds. The van der Waals surface area contributed by atoms with Gasteiger partial charge in [0.2, 0.25) is 10.0 Å². The average Bonchev–Trinajstić information content (AvgIpc) is 2.78. The van der Waals surface area contributed by atoms with Gasteiger partial charge in [-0.1, -0.05) is 99.1 Å². The van der Waals surface area contributed by atoms with Gasteiger partial charge in [-0.25, -0.2) is 13.5 Å². The topological polar surface area (TPSA) is 86.7 Å². The van der Waals surface area contributed by atoms with Crippen molar-refractivity contribution in [2.45, 2.75) is 44.7 Å². The molecule has 0 bridgehead atoms. The van der Waals surface area contributed by atoms with Crippen LogP contribution in [0.25, 0.3) is 0 Å². The molecule has 1 atom stereocenters. The summed E-state index contributed by atoms with van der Waals surface area (Å²) in [6.45, 7) is 7.12. The highest BCUT2D eigenvalue weighted by molar-refractivity contribution is 7.89. The smallest absolute Gasteiger partial charge is 0.265 e. The van der Waals surface area contributed by atoms with Crippen molar-refractivity contribution in [3.05, 3.63) is 102 Å². The van der Waals surface area contributed by atoms with Crippen molar-refractivity contribution in [3.63, 3.8) is 0 Å². The van der Waals surface area contributed by atoms with E-state index in [0.717, 1.165) is 5.56 Å². The maximum Gasteiger partial charge on any atom is 0.265 e. The zero-order chi connectivity index (χ0) is 24.2. The van der Waals surface area contributed by atoms with Gasteiger partial charge in [0.15, 0.2) is 0 Å². The summed E-state index contributed by atoms with van der Waals surface area (Å²) in [7, 11) is -4.00. The highest BCUT2D eigenvalue weighted by atomic mass is 32.2. The van der Waals surface area contributed by atoms with Gasteiger partial charge in [0.05, 0.1) is 4.90 Å². The molecule has 6 nitrogen and oxygen atoms in total. The van der Waals surface area contributed by atoms with E-state index in [9.17, 15) is 18.4 Å². The van der Waals surface area contributed by atoms with Crippen LogP contribution in [0.15, 0.2) is 89.8 Å². The molecule has 0 aliphatic carbocycles. The van der Waals surface area contributed by atoms with E-state index in [1.165, 1.54) is 12.1 Å². The zero-order valence-electron chi connectivity index (χ0n) is 19.3. The Kier molecular flexibility index (Phi) is 7.37. The zero-order valence-corrected chi connectivity index (χ0v) is 20.1. The average molecular weight is 467 g/mol. The first-order chi connectivity index (χ1) is 15.5. The number of carbonyl (C=O) groups is 1. The van der Waals surface area contributed by atoms with Gasteiger partial charge < -0.3 is 0 Å². The molecule has 2 N–H and O–H groups in total. The molecule has 0 spiro atoms. The number of amides is 1. The van der Waals surface area contributed by atoms with Crippen LogP contribution in [0.3, 0.4) is 0 Å². The van der Waals surface area contributed by atoms with Crippen molar-refractivity contribution >= 4 is 15.9 Å². The van der Waals surface area contributed by atoms with Crippen LogP contribution in [0.5, 0.6) is 0 Å². The van der Waals surface area contributed by atoms with E-state index in [1.807, 2.05) is 67.6 Å². The van der Waals surface area contributed by atoms with Gasteiger partial charge in [-0.05, 0) is 35.6 Å². The lowest BCUT2D eigenvalue weighted by molar-refractivity contribution is -0.177. The Labute approximate surface area is 195 Å². The van der Waals surface area contributed by atoms with E-state index < -0.39 is 33.4 Å². The molecule has 0 aromatic heterocycles. The van der Waals surface area contributed by atoms with E-state index in [-0.39, 0.29) is 4.90 Å². The van der Waals surface area contributed by atoms with E-state index >= 15 is 0 Å². The second-order valence-electron chi connectivity index (χ2n) is 9.14. The summed E-state index contributed by atoms with van der Waals surface area (Å²) in [5.74, 6) is -0.740. The highest BCUT2D eigenvalue weighted by Crippen LogP contribution is 2.31. The molecule has 0 unspecified atom stereocenters. The Balaban J connectivity index is 1.99. The summed E-state index contributed by atoms with van der Waals surface area (Å²) in [4.78, 5) is 13.6. The summed E-state index contributed by atoms with van der Waals surface area (Å²) in [6.07, 6.45) is 0. The Bertz CT molecular complexity index is 1130. The van der Waals surface area contributed by atoms with Crippen LogP contribution < -0.4 is 4.72 Å². The first-order valence-electron chi connectivity index (χ1n) is 10.7. The van der Waals surface area contributed by atoms with Crippen LogP contribution in [0, 0.1) is 12.3 Å². The predicted octanol–water partition coefficient (Wildman–Crippen LogP) is 4.70. The van der Waals surface area contributed by atoms with Gasteiger partial charge in [0.25, 0.3) is 5.91 Å². The summed E-state index contributed by atoms with van der Waals surface area (Å²) < 4.78 is 28.7. The van der Waals surface area contributed by atoms with Crippen LogP contribution in [0.1, 0.15) is 43.5 Å². The minimum atomic E-state index is -4.00. The first kappa shape index (κ1) is 24.6. The molecule has 0 aliphatic heterocycles. The lowest BCUT2D eigenvalue weighted by Crippen LogP contribution is -2.54. The van der Waals surface area contributed by atoms with Crippen LogP contribution in [0.2, 0.25) is 0 Å². The minimum Gasteiger partial charge on any atom is -0.285 e. The van der Waals surface area contributed by atoms with Crippen molar-refractivity contribution in [2.75, 3.05) is 0 Å². The maximum atomic E-state index is 13.6. The number of aryl methyl sites for hydroxylation is 1. The Hall–Kier alpha value is -3.00. The summed E-state index contributed by atoms with van der Waals surface area (Å²) in [5.41, 5.74) is 1.52. The number of nitrogens with one attached hydrogen (secondary N) is 1. The molecule has 0 radical (unpaired) electrons. The highest BCUT2D eigenvalue weighted by Gasteiger charge is 2.40. The van der Waals surface area contributed by atoms with Gasteiger partial charge in [0, 0.05) is 0 Å². The molecule has 7 heteroatoms. The number of benzene rings is 3. The van der Waals surface area contributed by atoms with Crippen molar-refractivity contribution in [1.29, 1.82) is 0 Å². The molecule has 0 saturated carbocycles. The Morgan fingerprint density at radius 3 is 1.73 bits per heavy atom. The number of hydroxylamine groups is 2. The minimum absolute atomic E-state index is 0.0577. The molecular weight excluding hydrogens is 436 g/mol. The fourth-order valence-corrected chi connectivity index (χ4v) is 4.94. The van der Waals surface area contributed by atoms with Crippen LogP contribution in [-0.4, -0.2) is 30.6 Å². The largest absolute Gasteiger partial charge is 0.285 e. The molecular formula is C26H30N2O4S. The second-order valence-corrected chi connectivity index (χ2v) is 10.9. The standard InChI is InChI=1S/C26H30N2O4S/c1-19-15-17-22(18-16-19)33(31,32)27-24(26(2,3)4)25(29)28(30)23(20-11-7-5-8-12-20)21-13-9-6-10-14-21/h5-18,23-24,27,30H,1-4H3/t24-/m1/s1. The predicted molar refractivity (Wildman–Crippen MR) is 128 cm³/mol. The second kappa shape index (κ2) is 9.87. The molecule has 0 aliphatic rings. The van der Waals surface area contributed by atoms with E-state index in [1.54, 1.807) is 32.9 Å². The van der Waals surface area contributed by atoms with E-state index in [2.05, 4.69) is 4.72 Å². The number of nitrogens with zero attached hydrogens (tertiary/aromatic N) is 1. The van der Waals surface area contributed by atoms with Gasteiger partial charge in [0.1, 0.15) is 12.1 Å². The van der Waals surface area contributed by atoms with Crippen molar-refractivity contribution in [2.24, 2.45) is 5.41 Å². The van der Waals surface area contributed by atoms with Crippen LogP contribution in [0.4, 0.5) is 0 Å². The molecule has 0 fully saturated rings. The SMILES string of the molecule is Cc1ccc(S(=O)(=O)N[C@H](C(=O)N(O)C(c2ccccc2)c2ccccc2)C(C)(C)C)cc1. The third-order valence-electron chi connectivity index (χ3n) is 5.42. The van der Waals surface area contributed by atoms with Crippen molar-refractivity contribution < 1.29 is 18.4 Å². The van der Waals surface area contributed by atoms with Gasteiger partial charge in [-0.3, -0.25) is 10.0 Å². The van der Waals surface area contributed by atoms with E-state index in [0.29, 0.717) is 16.2 Å². The van der Waals surface area contributed by atoms with Gasteiger partial charge in [-0.2, -0.15) is 4.72 Å². The van der Waals surface area contributed by atoms with Crippen LogP contribution >= 0.6 is 0 Å². The summed E-state index contributed by atoms with van der Waals surface area (Å²) in [6, 6.07) is 22.6. The number of carbonyl (C=O) groups excluding carboxylic acids is 1. The normalized spacial score (nSPS) is 13.0. The summed E-state index contributed by atoms with van der Waals surface area (Å²) in [5, 5.41) is 11.8. The van der Waals surface area contributed by atoms with Gasteiger partial charge in [-0.15, -0.1) is 0 Å². The monoisotopic (exact) mass is 466 g/mol. The molecule has 3 aromatic carbocycles. The molecule has 3 aromatic rings. The molecule has 0 heterocycles. The molecule has 33 heavy (non-hydrogen) atoms. The lowest BCUT2D eigenvalue weighted by atomic mass is 9.86. The number of sulfonamides is 1. The third-order valence-corrected chi connectivity index (χ3v) is 6.86. The van der Waals surface area contributed by atoms with Crippen LogP contribution in [-0.2, 0) is 14.8 Å². The Morgan fingerprint density at radius 2 is 1.30 bits per heavy atom. The van der Waals surface area contributed by atoms with E-state index in [4.69, 9.17) is 0 Å². The first-order valence-corrected chi connectivity index (χ1v) is 12.2. The van der Waals surface area contributed by atoms with Gasteiger partial charge >= 0.3 is 0 Å². The molecule has 3 rings (SSSR count). The molecule has 0 saturated heterocycles. The number of hydrogen-bond donors (Lipinski definition) is 2. The van der Waals surface area contributed by atoms with Crippen molar-refractivity contribution in [3.8, 4) is 0 Å². The quantitative estimate of drug-likeness (QED) is 0.390. The molecule has 174 valence electrons. The lowest BCUT2D eigenvalue weighted by Gasteiger charge is -2.35. The number of rotatable bonds is 7. The Morgan fingerprint density at radius 1 is 0.848 bits per heavy atom. The third kappa shape index (κ3) is 5.87. The maximum absolute atomic E-state index is 13.6. The number of hydrogen-bond acceptors (Lipinski definition) is 4. The fraction of sp³-hybridized carbons (Fsp3) is 0.269.